The van der Waals surface area contributed by atoms with Gasteiger partial charge in [-0.15, -0.1) is 0 Å². The highest BCUT2D eigenvalue weighted by Gasteiger charge is 2.76. The summed E-state index contributed by atoms with van der Waals surface area (Å²) >= 11 is 0. The molecule has 5 atom stereocenters. The SMILES string of the molecule is C/C=C1/C[N+]2([O-])CC[C@]34C(=Nc5ccccc53)[C@@H]2C[C@@H]1[C@@]4(CO)C(=O)OC. The highest BCUT2D eigenvalue weighted by Crippen LogP contribution is 2.67. The number of aliphatic hydroxyl groups excluding tert-OH is 1. The number of rotatable bonds is 2. The van der Waals surface area contributed by atoms with Gasteiger partial charge in [0, 0.05) is 18.8 Å². The van der Waals surface area contributed by atoms with Crippen LogP contribution in [0.5, 0.6) is 0 Å². The van der Waals surface area contributed by atoms with E-state index in [9.17, 15) is 15.1 Å². The molecule has 0 spiro atoms. The van der Waals surface area contributed by atoms with Crippen LogP contribution in [-0.4, -0.2) is 54.3 Å². The molecule has 27 heavy (non-hydrogen) atoms. The van der Waals surface area contributed by atoms with Gasteiger partial charge in [-0.25, -0.2) is 0 Å². The maximum atomic E-state index is 13.7. The topological polar surface area (TPSA) is 82.0 Å². The summed E-state index contributed by atoms with van der Waals surface area (Å²) in [5, 5.41) is 24.5. The second-order valence-electron chi connectivity index (χ2n) is 8.29. The van der Waals surface area contributed by atoms with Gasteiger partial charge in [-0.3, -0.25) is 9.79 Å². The van der Waals surface area contributed by atoms with Gasteiger partial charge in [-0.05, 0) is 24.1 Å². The van der Waals surface area contributed by atoms with E-state index in [-0.39, 0.29) is 23.2 Å². The first kappa shape index (κ1) is 17.1. The van der Waals surface area contributed by atoms with Crippen molar-refractivity contribution in [3.8, 4) is 0 Å². The van der Waals surface area contributed by atoms with Gasteiger partial charge in [0.1, 0.15) is 18.0 Å². The molecule has 1 saturated carbocycles. The van der Waals surface area contributed by atoms with Crippen LogP contribution in [0.25, 0.3) is 0 Å². The Morgan fingerprint density at radius 1 is 1.48 bits per heavy atom. The van der Waals surface area contributed by atoms with E-state index in [1.165, 1.54) is 7.11 Å². The standard InChI is InChI=1S/C21H24N2O4/c1-3-13-11-23(26)9-8-20-14-6-4-5-7-16(14)22-18(20)17(23)10-15(13)21(20,12-24)19(25)27-2/h3-7,15,17,24H,8-12H2,1-2H3/b13-3-/t15-,17-,20+,21-,23?/m0/s1. The molecule has 0 radical (unpaired) electrons. The quantitative estimate of drug-likeness (QED) is 0.376. The number of aliphatic imine (C=N–C) groups is 1. The summed E-state index contributed by atoms with van der Waals surface area (Å²) in [6, 6.07) is 7.55. The molecule has 142 valence electrons. The van der Waals surface area contributed by atoms with Gasteiger partial charge in [0.05, 0.1) is 37.1 Å². The van der Waals surface area contributed by atoms with Gasteiger partial charge in [0.25, 0.3) is 0 Å². The Hall–Kier alpha value is -2.02. The molecule has 2 saturated heterocycles. The number of esters is 1. The Kier molecular flexibility index (Phi) is 3.34. The van der Waals surface area contributed by atoms with Gasteiger partial charge in [-0.1, -0.05) is 24.3 Å². The zero-order valence-electron chi connectivity index (χ0n) is 15.6. The number of para-hydroxylation sites is 1. The van der Waals surface area contributed by atoms with Gasteiger partial charge >= 0.3 is 5.97 Å². The summed E-state index contributed by atoms with van der Waals surface area (Å²) in [7, 11) is 1.38. The lowest BCUT2D eigenvalue weighted by atomic mass is 9.43. The number of fused-ring (bicyclic) bond motifs is 2. The predicted octanol–water partition coefficient (Wildman–Crippen LogP) is 2.23. The van der Waals surface area contributed by atoms with Crippen LogP contribution in [-0.2, 0) is 14.9 Å². The molecule has 3 heterocycles. The van der Waals surface area contributed by atoms with Crippen molar-refractivity contribution >= 4 is 17.4 Å². The zero-order chi connectivity index (χ0) is 19.0. The molecule has 1 unspecified atom stereocenters. The van der Waals surface area contributed by atoms with Gasteiger partial charge in [0.15, 0.2) is 0 Å². The third kappa shape index (κ3) is 1.68. The van der Waals surface area contributed by atoms with Crippen LogP contribution in [0.1, 0.15) is 25.3 Å². The lowest BCUT2D eigenvalue weighted by molar-refractivity contribution is -0.901. The first-order valence-electron chi connectivity index (χ1n) is 9.59. The van der Waals surface area contributed by atoms with Crippen molar-refractivity contribution in [3.63, 3.8) is 0 Å². The first-order valence-corrected chi connectivity index (χ1v) is 9.59. The number of quaternary nitrogens is 1. The van der Waals surface area contributed by atoms with E-state index in [4.69, 9.17) is 9.73 Å². The van der Waals surface area contributed by atoms with Crippen molar-refractivity contribution in [1.29, 1.82) is 0 Å². The smallest absolute Gasteiger partial charge is 0.316 e. The number of hydrogen-bond donors (Lipinski definition) is 1. The number of piperidine rings is 2. The normalized spacial score (nSPS) is 42.5. The Morgan fingerprint density at radius 2 is 2.26 bits per heavy atom. The number of carbonyl (C=O) groups is 1. The van der Waals surface area contributed by atoms with Gasteiger partial charge < -0.3 is 19.7 Å². The van der Waals surface area contributed by atoms with Crippen LogP contribution < -0.4 is 0 Å². The Bertz CT molecular complexity index is 909. The molecule has 3 aliphatic heterocycles. The Balaban J connectivity index is 1.88. The minimum absolute atomic E-state index is 0.212. The van der Waals surface area contributed by atoms with Crippen molar-refractivity contribution in [2.75, 3.05) is 26.8 Å². The molecule has 0 aromatic heterocycles. The Labute approximate surface area is 158 Å². The lowest BCUT2D eigenvalue weighted by Gasteiger charge is -2.68. The summed E-state index contributed by atoms with van der Waals surface area (Å²) in [4.78, 5) is 18.2. The third-order valence-corrected chi connectivity index (χ3v) is 7.67. The maximum absolute atomic E-state index is 13.7. The van der Waals surface area contributed by atoms with Crippen LogP contribution in [0.15, 0.2) is 40.9 Å². The van der Waals surface area contributed by atoms with Gasteiger partial charge in [0.2, 0.25) is 0 Å². The van der Waals surface area contributed by atoms with E-state index in [0.717, 1.165) is 22.5 Å². The fourth-order valence-electron chi connectivity index (χ4n) is 6.55. The molecule has 6 nitrogen and oxygen atoms in total. The molecule has 1 aromatic rings. The minimum Gasteiger partial charge on any atom is -0.632 e. The summed E-state index contributed by atoms with van der Waals surface area (Å²) in [6.07, 6.45) is 3.00. The molecule has 4 aliphatic rings. The Morgan fingerprint density at radius 3 is 2.96 bits per heavy atom. The van der Waals surface area contributed by atoms with Gasteiger partial charge in [-0.2, -0.15) is 0 Å². The van der Waals surface area contributed by atoms with Crippen molar-refractivity contribution in [3.05, 3.63) is 46.7 Å². The number of methoxy groups -OCH3 is 1. The lowest BCUT2D eigenvalue weighted by Crippen LogP contribution is -2.78. The van der Waals surface area contributed by atoms with Crippen LogP contribution in [0.2, 0.25) is 0 Å². The third-order valence-electron chi connectivity index (χ3n) is 7.67. The van der Waals surface area contributed by atoms with Crippen molar-refractivity contribution in [2.24, 2.45) is 16.3 Å². The number of carbonyl (C=O) groups excluding carboxylic acids is 1. The number of benzene rings is 1. The molecule has 1 aliphatic carbocycles. The fraction of sp³-hybridized carbons (Fsp3) is 0.524. The van der Waals surface area contributed by atoms with Crippen molar-refractivity contribution < 1.29 is 19.3 Å². The largest absolute Gasteiger partial charge is 0.632 e. The van der Waals surface area contributed by atoms with Crippen molar-refractivity contribution in [2.45, 2.75) is 31.2 Å². The summed E-state index contributed by atoms with van der Waals surface area (Å²) < 4.78 is 5.00. The number of hydrogen-bond acceptors (Lipinski definition) is 5. The van der Waals surface area contributed by atoms with E-state index < -0.39 is 16.8 Å². The summed E-state index contributed by atoms with van der Waals surface area (Å²) in [5.41, 5.74) is 1.62. The number of hydroxylamine groups is 3. The molecule has 3 fully saturated rings. The van der Waals surface area contributed by atoms with Crippen LogP contribution in [0, 0.1) is 16.5 Å². The van der Waals surface area contributed by atoms with Crippen LogP contribution >= 0.6 is 0 Å². The molecule has 1 N–H and O–H groups in total. The van der Waals surface area contributed by atoms with E-state index in [1.807, 2.05) is 37.3 Å². The van der Waals surface area contributed by atoms with Crippen LogP contribution in [0.3, 0.4) is 0 Å². The monoisotopic (exact) mass is 368 g/mol. The minimum atomic E-state index is -1.14. The predicted molar refractivity (Wildman–Crippen MR) is 100 cm³/mol. The summed E-state index contributed by atoms with van der Waals surface area (Å²) in [6.45, 7) is 2.37. The molecule has 0 amide bonds. The average Bonchev–Trinajstić information content (AvgIpc) is 3.04. The molecule has 6 heteroatoms. The highest BCUT2D eigenvalue weighted by atomic mass is 16.5. The second-order valence-corrected chi connectivity index (χ2v) is 8.29. The molecule has 5 rings (SSSR count). The average molecular weight is 368 g/mol. The number of aliphatic hydroxyl groups is 1. The van der Waals surface area contributed by atoms with Crippen molar-refractivity contribution in [1.82, 2.24) is 0 Å². The van der Waals surface area contributed by atoms with E-state index in [2.05, 4.69) is 0 Å². The van der Waals surface area contributed by atoms with E-state index in [1.54, 1.807) is 0 Å². The molecular weight excluding hydrogens is 344 g/mol. The zero-order valence-corrected chi connectivity index (χ0v) is 15.6. The number of nitrogens with zero attached hydrogens (tertiary/aromatic N) is 2. The molecule has 1 aromatic carbocycles. The second kappa shape index (κ2) is 5.28. The van der Waals surface area contributed by atoms with E-state index >= 15 is 0 Å². The number of ether oxygens (including phenoxy) is 1. The molecular formula is C21H24N2O4. The van der Waals surface area contributed by atoms with E-state index in [0.29, 0.717) is 25.9 Å². The summed E-state index contributed by atoms with van der Waals surface area (Å²) in [5.74, 6) is -0.611. The highest BCUT2D eigenvalue weighted by molar-refractivity contribution is 6.10. The molecule has 3 bridgehead atoms. The fourth-order valence-corrected chi connectivity index (χ4v) is 6.55. The van der Waals surface area contributed by atoms with Crippen LogP contribution in [0.4, 0.5) is 5.69 Å². The number of allylic oxidation sites excluding steroid dienone is 1. The first-order chi connectivity index (χ1) is 13.0. The maximum Gasteiger partial charge on any atom is 0.316 e.